The van der Waals surface area contributed by atoms with Gasteiger partial charge in [-0.15, -0.1) is 0 Å². The zero-order valence-corrected chi connectivity index (χ0v) is 15.3. The average molecular weight is 359 g/mol. The summed E-state index contributed by atoms with van der Waals surface area (Å²) in [6.07, 6.45) is 0. The van der Waals surface area contributed by atoms with Gasteiger partial charge in [0.05, 0.1) is 18.4 Å². The lowest BCUT2D eigenvalue weighted by molar-refractivity contribution is -0.119. The molecule has 0 aromatic heterocycles. The van der Waals surface area contributed by atoms with E-state index in [1.807, 2.05) is 12.1 Å². The first-order chi connectivity index (χ1) is 12.2. The first-order valence-corrected chi connectivity index (χ1v) is 8.12. The highest BCUT2D eigenvalue weighted by atomic mass is 19.1. The maximum absolute atomic E-state index is 13.1. The first kappa shape index (κ1) is 19.4. The topological polar surface area (TPSA) is 64.6 Å². The molecule has 1 amide bonds. The molecule has 2 rings (SSSR count). The standard InChI is InChI=1S/C20H22FNO4/c1-20(2,3)14-8-9-17(25-4)16(11-14)22-18(23)12-26-19(24)13-6-5-7-15(21)10-13/h5-11H,12H2,1-4H3,(H,22,23). The summed E-state index contributed by atoms with van der Waals surface area (Å²) in [6, 6.07) is 10.6. The van der Waals surface area contributed by atoms with Crippen molar-refractivity contribution in [2.45, 2.75) is 26.2 Å². The maximum atomic E-state index is 13.1. The first-order valence-electron chi connectivity index (χ1n) is 8.12. The number of carbonyl (C=O) groups excluding carboxylic acids is 2. The molecule has 138 valence electrons. The molecule has 2 aromatic carbocycles. The van der Waals surface area contributed by atoms with Gasteiger partial charge in [0.25, 0.3) is 5.91 Å². The molecule has 0 atom stereocenters. The van der Waals surface area contributed by atoms with E-state index in [2.05, 4.69) is 26.1 Å². The molecular weight excluding hydrogens is 337 g/mol. The summed E-state index contributed by atoms with van der Waals surface area (Å²) in [5.74, 6) is -1.33. The lowest BCUT2D eigenvalue weighted by Gasteiger charge is -2.21. The van der Waals surface area contributed by atoms with E-state index in [1.54, 1.807) is 6.07 Å². The number of carbonyl (C=O) groups is 2. The molecule has 0 bridgehead atoms. The number of rotatable bonds is 5. The molecule has 1 N–H and O–H groups in total. The van der Waals surface area contributed by atoms with E-state index in [9.17, 15) is 14.0 Å². The molecule has 0 spiro atoms. The quantitative estimate of drug-likeness (QED) is 0.822. The average Bonchev–Trinajstić information content (AvgIpc) is 2.58. The Kier molecular flexibility index (Phi) is 5.97. The Labute approximate surface area is 152 Å². The summed E-state index contributed by atoms with van der Waals surface area (Å²) >= 11 is 0. The van der Waals surface area contributed by atoms with Crippen LogP contribution in [0.15, 0.2) is 42.5 Å². The summed E-state index contributed by atoms with van der Waals surface area (Å²) in [4.78, 5) is 24.0. The second kappa shape index (κ2) is 7.99. The molecule has 0 aliphatic carbocycles. The zero-order chi connectivity index (χ0) is 19.3. The van der Waals surface area contributed by atoms with Crippen molar-refractivity contribution in [1.82, 2.24) is 0 Å². The number of hydrogen-bond donors (Lipinski definition) is 1. The van der Waals surface area contributed by atoms with Crippen molar-refractivity contribution in [2.24, 2.45) is 0 Å². The minimum absolute atomic E-state index is 0.0464. The fourth-order valence-electron chi connectivity index (χ4n) is 2.29. The van der Waals surface area contributed by atoms with Crippen molar-refractivity contribution in [1.29, 1.82) is 0 Å². The van der Waals surface area contributed by atoms with Crippen LogP contribution in [0, 0.1) is 5.82 Å². The Bertz CT molecular complexity index is 812. The molecule has 0 radical (unpaired) electrons. The summed E-state index contributed by atoms with van der Waals surface area (Å²) in [6.45, 7) is 5.68. The molecule has 26 heavy (non-hydrogen) atoms. The van der Waals surface area contributed by atoms with Crippen LogP contribution in [-0.2, 0) is 14.9 Å². The number of anilines is 1. The third-order valence-corrected chi connectivity index (χ3v) is 3.73. The van der Waals surface area contributed by atoms with E-state index in [0.717, 1.165) is 11.6 Å². The van der Waals surface area contributed by atoms with Crippen molar-refractivity contribution in [2.75, 3.05) is 19.0 Å². The van der Waals surface area contributed by atoms with E-state index in [1.165, 1.54) is 25.3 Å². The molecule has 0 fully saturated rings. The number of esters is 1. The summed E-state index contributed by atoms with van der Waals surface area (Å²) in [5, 5.41) is 2.68. The van der Waals surface area contributed by atoms with E-state index >= 15 is 0 Å². The van der Waals surface area contributed by atoms with Crippen LogP contribution in [0.25, 0.3) is 0 Å². The third-order valence-electron chi connectivity index (χ3n) is 3.73. The number of ether oxygens (including phenoxy) is 2. The highest BCUT2D eigenvalue weighted by Crippen LogP contribution is 2.31. The second-order valence-electron chi connectivity index (χ2n) is 6.80. The van der Waals surface area contributed by atoms with Gasteiger partial charge in [-0.1, -0.05) is 32.9 Å². The molecule has 0 saturated heterocycles. The van der Waals surface area contributed by atoms with Gasteiger partial charge in [-0.25, -0.2) is 9.18 Å². The lowest BCUT2D eigenvalue weighted by Crippen LogP contribution is -2.22. The monoisotopic (exact) mass is 359 g/mol. The van der Waals surface area contributed by atoms with E-state index in [0.29, 0.717) is 11.4 Å². The molecule has 0 saturated carbocycles. The van der Waals surface area contributed by atoms with E-state index in [4.69, 9.17) is 9.47 Å². The highest BCUT2D eigenvalue weighted by molar-refractivity contribution is 5.96. The van der Waals surface area contributed by atoms with Crippen LogP contribution in [-0.4, -0.2) is 25.6 Å². The number of hydrogen-bond acceptors (Lipinski definition) is 4. The van der Waals surface area contributed by atoms with Crippen LogP contribution in [0.1, 0.15) is 36.7 Å². The number of benzene rings is 2. The fraction of sp³-hybridized carbons (Fsp3) is 0.300. The molecular formula is C20H22FNO4. The smallest absolute Gasteiger partial charge is 0.338 e. The number of amides is 1. The zero-order valence-electron chi connectivity index (χ0n) is 15.3. The van der Waals surface area contributed by atoms with Gasteiger partial charge in [-0.3, -0.25) is 4.79 Å². The molecule has 0 aliphatic rings. The Balaban J connectivity index is 2.04. The molecule has 0 unspecified atom stereocenters. The van der Waals surface area contributed by atoms with Crippen molar-refractivity contribution in [3.05, 3.63) is 59.4 Å². The van der Waals surface area contributed by atoms with Crippen molar-refractivity contribution in [3.63, 3.8) is 0 Å². The SMILES string of the molecule is COc1ccc(C(C)(C)C)cc1NC(=O)COC(=O)c1cccc(F)c1. The Morgan fingerprint density at radius 1 is 1.12 bits per heavy atom. The molecule has 2 aromatic rings. The van der Waals surface area contributed by atoms with Crippen LogP contribution in [0.4, 0.5) is 10.1 Å². The van der Waals surface area contributed by atoms with Crippen molar-refractivity contribution in [3.8, 4) is 5.75 Å². The molecule has 6 heteroatoms. The molecule has 0 aliphatic heterocycles. The maximum Gasteiger partial charge on any atom is 0.338 e. The van der Waals surface area contributed by atoms with Gasteiger partial charge >= 0.3 is 5.97 Å². The Morgan fingerprint density at radius 3 is 2.46 bits per heavy atom. The van der Waals surface area contributed by atoms with Crippen LogP contribution in [0.3, 0.4) is 0 Å². The summed E-state index contributed by atoms with van der Waals surface area (Å²) in [5.41, 5.74) is 1.46. The Morgan fingerprint density at radius 2 is 1.85 bits per heavy atom. The van der Waals surface area contributed by atoms with Crippen molar-refractivity contribution >= 4 is 17.6 Å². The van der Waals surface area contributed by atoms with Gasteiger partial charge in [0, 0.05) is 0 Å². The molecule has 0 heterocycles. The Hall–Kier alpha value is -2.89. The van der Waals surface area contributed by atoms with Gasteiger partial charge in [-0.2, -0.15) is 0 Å². The van der Waals surface area contributed by atoms with E-state index < -0.39 is 24.3 Å². The van der Waals surface area contributed by atoms with Crippen molar-refractivity contribution < 1.29 is 23.5 Å². The van der Waals surface area contributed by atoms with Gasteiger partial charge in [0.15, 0.2) is 6.61 Å². The third kappa shape index (κ3) is 5.05. The largest absolute Gasteiger partial charge is 0.495 e. The second-order valence-corrected chi connectivity index (χ2v) is 6.80. The number of methoxy groups -OCH3 is 1. The number of halogens is 1. The van der Waals surface area contributed by atoms with E-state index in [-0.39, 0.29) is 11.0 Å². The van der Waals surface area contributed by atoms with Crippen LogP contribution < -0.4 is 10.1 Å². The van der Waals surface area contributed by atoms with Gasteiger partial charge < -0.3 is 14.8 Å². The minimum atomic E-state index is -0.768. The van der Waals surface area contributed by atoms with Crippen LogP contribution >= 0.6 is 0 Å². The van der Waals surface area contributed by atoms with Crippen LogP contribution in [0.5, 0.6) is 5.75 Å². The van der Waals surface area contributed by atoms with Gasteiger partial charge in [0.1, 0.15) is 11.6 Å². The van der Waals surface area contributed by atoms with Crippen LogP contribution in [0.2, 0.25) is 0 Å². The summed E-state index contributed by atoms with van der Waals surface area (Å²) < 4.78 is 23.3. The predicted octanol–water partition coefficient (Wildman–Crippen LogP) is 3.93. The highest BCUT2D eigenvalue weighted by Gasteiger charge is 2.17. The minimum Gasteiger partial charge on any atom is -0.495 e. The molecule has 5 nitrogen and oxygen atoms in total. The number of nitrogens with one attached hydrogen (secondary N) is 1. The fourth-order valence-corrected chi connectivity index (χ4v) is 2.29. The predicted molar refractivity (Wildman–Crippen MR) is 97.0 cm³/mol. The normalized spacial score (nSPS) is 11.0. The summed E-state index contributed by atoms with van der Waals surface area (Å²) in [7, 11) is 1.51. The van der Waals surface area contributed by atoms with Gasteiger partial charge in [-0.05, 0) is 41.3 Å². The van der Waals surface area contributed by atoms with Gasteiger partial charge in [0.2, 0.25) is 0 Å². The lowest BCUT2D eigenvalue weighted by atomic mass is 9.87.